The van der Waals surface area contributed by atoms with E-state index in [2.05, 4.69) is 35.1 Å². The van der Waals surface area contributed by atoms with Crippen LogP contribution in [0.2, 0.25) is 0 Å². The minimum absolute atomic E-state index is 0.0280. The van der Waals surface area contributed by atoms with Crippen molar-refractivity contribution >= 4 is 21.7 Å². The monoisotopic (exact) mass is 419 g/mol. The highest BCUT2D eigenvalue weighted by Crippen LogP contribution is 2.73. The van der Waals surface area contributed by atoms with Crippen molar-refractivity contribution in [2.24, 2.45) is 5.92 Å². The van der Waals surface area contributed by atoms with Gasteiger partial charge in [-0.2, -0.15) is 0 Å². The summed E-state index contributed by atoms with van der Waals surface area (Å²) < 4.78 is 13.0. The number of methoxy groups -OCH3 is 1. The van der Waals surface area contributed by atoms with Crippen LogP contribution in [0.3, 0.4) is 0 Å². The average Bonchev–Trinajstić information content (AvgIpc) is 3.17. The summed E-state index contributed by atoms with van der Waals surface area (Å²) in [5.74, 6) is 2.30. The third-order valence-corrected chi connectivity index (χ3v) is 8.08. The van der Waals surface area contributed by atoms with Gasteiger partial charge in [-0.1, -0.05) is 36.2 Å². The van der Waals surface area contributed by atoms with E-state index >= 15 is 0 Å². The van der Waals surface area contributed by atoms with Crippen LogP contribution in [0.5, 0.6) is 11.5 Å². The Bertz CT molecular complexity index is 809. The van der Waals surface area contributed by atoms with Crippen LogP contribution in [0, 0.1) is 5.92 Å². The van der Waals surface area contributed by atoms with E-state index in [0.717, 1.165) is 35.4 Å². The number of Topliss-reactive ketones (excluding diaryl/α,β-unsaturated/α-hetero) is 1. The maximum Gasteiger partial charge on any atom is 0.174 e. The summed E-state index contributed by atoms with van der Waals surface area (Å²) in [5, 5.41) is 3.88. The zero-order valence-corrected chi connectivity index (χ0v) is 17.2. The molecule has 1 aromatic carbocycles. The van der Waals surface area contributed by atoms with Crippen molar-refractivity contribution in [1.82, 2.24) is 5.32 Å². The fraction of sp³-hybridized carbons (Fsp3) is 0.667. The van der Waals surface area contributed by atoms with Crippen molar-refractivity contribution < 1.29 is 14.3 Å². The molecule has 26 heavy (non-hydrogen) atoms. The minimum atomic E-state index is -0.335. The number of carbonyl (C=O) groups is 1. The Hall–Kier alpha value is -1.07. The second-order valence-electron chi connectivity index (χ2n) is 8.67. The standard InChI is InChI=1S/C21H26BrNO3/c1-4-5-8-23-18-11-6-7-13(24)19-21(11)10-20(18,2)15-12(22)9-14(25-3)17(26-19)16(15)21/h9,11,18-19,23H,4-8,10H2,1-3H3/t11?,18?,19-,20?,21-/m1/s1. The number of nitrogens with one attached hydrogen (secondary N) is 1. The number of benzene rings is 1. The van der Waals surface area contributed by atoms with Gasteiger partial charge in [0.15, 0.2) is 23.4 Å². The first-order valence-electron chi connectivity index (χ1n) is 9.83. The zero-order chi connectivity index (χ0) is 18.3. The molecule has 3 unspecified atom stereocenters. The number of ketones is 1. The van der Waals surface area contributed by atoms with Gasteiger partial charge in [0, 0.05) is 33.3 Å². The Morgan fingerprint density at radius 2 is 2.23 bits per heavy atom. The minimum Gasteiger partial charge on any atom is -0.493 e. The van der Waals surface area contributed by atoms with E-state index in [1.165, 1.54) is 24.0 Å². The Morgan fingerprint density at radius 1 is 1.42 bits per heavy atom. The lowest BCUT2D eigenvalue weighted by Gasteiger charge is -2.45. The third-order valence-electron chi connectivity index (χ3n) is 7.46. The molecule has 0 saturated heterocycles. The number of halogens is 1. The normalized spacial score (nSPS) is 38.5. The van der Waals surface area contributed by atoms with Gasteiger partial charge in [-0.25, -0.2) is 0 Å². The first kappa shape index (κ1) is 17.1. The van der Waals surface area contributed by atoms with Gasteiger partial charge in [0.25, 0.3) is 0 Å². The lowest BCUT2D eigenvalue weighted by atomic mass is 9.60. The van der Waals surface area contributed by atoms with Crippen LogP contribution in [0.4, 0.5) is 0 Å². The van der Waals surface area contributed by atoms with Crippen LogP contribution in [-0.4, -0.2) is 31.6 Å². The molecule has 1 N–H and O–H groups in total. The second kappa shape index (κ2) is 5.48. The predicted octanol–water partition coefficient (Wildman–Crippen LogP) is 3.87. The molecule has 4 aliphatic rings. The lowest BCUT2D eigenvalue weighted by molar-refractivity contribution is -0.132. The summed E-state index contributed by atoms with van der Waals surface area (Å²) in [6, 6.07) is 2.42. The third kappa shape index (κ3) is 1.77. The van der Waals surface area contributed by atoms with Crippen molar-refractivity contribution in [3.63, 3.8) is 0 Å². The van der Waals surface area contributed by atoms with Crippen LogP contribution >= 0.6 is 15.9 Å². The van der Waals surface area contributed by atoms with Crippen molar-refractivity contribution in [3.8, 4) is 11.5 Å². The highest BCUT2D eigenvalue weighted by Gasteiger charge is 2.75. The molecule has 0 radical (unpaired) electrons. The van der Waals surface area contributed by atoms with E-state index in [1.54, 1.807) is 7.11 Å². The predicted molar refractivity (Wildman–Crippen MR) is 103 cm³/mol. The smallest absolute Gasteiger partial charge is 0.174 e. The number of rotatable bonds is 5. The molecule has 1 aromatic rings. The molecule has 2 fully saturated rings. The molecule has 3 aliphatic carbocycles. The maximum atomic E-state index is 12.9. The van der Waals surface area contributed by atoms with E-state index in [9.17, 15) is 4.79 Å². The van der Waals surface area contributed by atoms with Gasteiger partial charge >= 0.3 is 0 Å². The Labute approximate surface area is 163 Å². The molecule has 0 amide bonds. The molecule has 1 spiro atoms. The molecule has 2 saturated carbocycles. The first-order valence-corrected chi connectivity index (χ1v) is 10.6. The van der Waals surface area contributed by atoms with Crippen molar-refractivity contribution in [1.29, 1.82) is 0 Å². The Morgan fingerprint density at radius 3 is 2.96 bits per heavy atom. The maximum absolute atomic E-state index is 12.9. The first-order chi connectivity index (χ1) is 12.5. The van der Waals surface area contributed by atoms with Crippen LogP contribution in [0.25, 0.3) is 0 Å². The number of hydrogen-bond donors (Lipinski definition) is 1. The number of carbonyl (C=O) groups excluding carboxylic acids is 1. The van der Waals surface area contributed by atoms with Gasteiger partial charge in [-0.3, -0.25) is 4.79 Å². The fourth-order valence-electron chi connectivity index (χ4n) is 6.64. The Kier molecular flexibility index (Phi) is 3.59. The molecule has 2 bridgehead atoms. The summed E-state index contributed by atoms with van der Waals surface area (Å²) in [6.45, 7) is 5.66. The van der Waals surface area contributed by atoms with Gasteiger partial charge in [-0.15, -0.1) is 0 Å². The molecule has 4 nitrogen and oxygen atoms in total. The molecule has 1 heterocycles. The SMILES string of the molecule is CCCCNC1C2CCC(=O)[C@H]3Oc4c(OC)cc(Br)c5c4[C@@]23CC51C. The number of ether oxygens (including phenoxy) is 2. The summed E-state index contributed by atoms with van der Waals surface area (Å²) in [4.78, 5) is 12.9. The topological polar surface area (TPSA) is 47.6 Å². The van der Waals surface area contributed by atoms with Gasteiger partial charge in [0.05, 0.1) is 7.11 Å². The van der Waals surface area contributed by atoms with Gasteiger partial charge < -0.3 is 14.8 Å². The van der Waals surface area contributed by atoms with Crippen molar-refractivity contribution in [2.75, 3.05) is 13.7 Å². The van der Waals surface area contributed by atoms with Gasteiger partial charge in [0.2, 0.25) is 0 Å². The van der Waals surface area contributed by atoms with E-state index < -0.39 is 0 Å². The van der Waals surface area contributed by atoms with Crippen molar-refractivity contribution in [2.45, 2.75) is 68.9 Å². The molecular formula is C21H26BrNO3. The van der Waals surface area contributed by atoms with E-state index in [0.29, 0.717) is 18.4 Å². The van der Waals surface area contributed by atoms with Crippen LogP contribution < -0.4 is 14.8 Å². The summed E-state index contributed by atoms with van der Waals surface area (Å²) in [7, 11) is 1.68. The summed E-state index contributed by atoms with van der Waals surface area (Å²) in [6.07, 6.45) is 4.64. The quantitative estimate of drug-likeness (QED) is 0.735. The van der Waals surface area contributed by atoms with Crippen LogP contribution in [0.15, 0.2) is 10.5 Å². The number of fused-ring (bicyclic) bond motifs is 2. The van der Waals surface area contributed by atoms with E-state index in [4.69, 9.17) is 9.47 Å². The number of hydrogen-bond acceptors (Lipinski definition) is 4. The van der Waals surface area contributed by atoms with E-state index in [-0.39, 0.29) is 22.7 Å². The van der Waals surface area contributed by atoms with Gasteiger partial charge in [0.1, 0.15) is 0 Å². The fourth-order valence-corrected chi connectivity index (χ4v) is 7.50. The summed E-state index contributed by atoms with van der Waals surface area (Å²) in [5.41, 5.74) is 2.47. The van der Waals surface area contributed by atoms with Crippen molar-refractivity contribution in [3.05, 3.63) is 21.7 Å². The second-order valence-corrected chi connectivity index (χ2v) is 9.52. The van der Waals surface area contributed by atoms with Crippen LogP contribution in [0.1, 0.15) is 57.1 Å². The highest BCUT2D eigenvalue weighted by atomic mass is 79.9. The summed E-state index contributed by atoms with van der Waals surface area (Å²) >= 11 is 3.82. The van der Waals surface area contributed by atoms with Gasteiger partial charge in [-0.05, 0) is 43.4 Å². The Balaban J connectivity index is 1.72. The number of unbranched alkanes of at least 4 members (excludes halogenated alkanes) is 1. The molecule has 5 atom stereocenters. The molecule has 1 aliphatic heterocycles. The zero-order valence-electron chi connectivity index (χ0n) is 15.7. The largest absolute Gasteiger partial charge is 0.493 e. The molecule has 0 aromatic heterocycles. The molecule has 140 valence electrons. The van der Waals surface area contributed by atoms with E-state index in [1.807, 2.05) is 6.07 Å². The molecule has 5 rings (SSSR count). The molecular weight excluding hydrogens is 394 g/mol. The average molecular weight is 420 g/mol. The van der Waals surface area contributed by atoms with Crippen LogP contribution in [-0.2, 0) is 15.6 Å². The molecule has 5 heteroatoms. The highest BCUT2D eigenvalue weighted by molar-refractivity contribution is 9.10. The lowest BCUT2D eigenvalue weighted by Crippen LogP contribution is -2.56.